The zero-order chi connectivity index (χ0) is 12.1. The minimum Gasteiger partial charge on any atom is -0.489 e. The lowest BCUT2D eigenvalue weighted by atomic mass is 10.1. The first-order chi connectivity index (χ1) is 8.25. The summed E-state index contributed by atoms with van der Waals surface area (Å²) >= 11 is 0. The van der Waals surface area contributed by atoms with Gasteiger partial charge >= 0.3 is 0 Å². The van der Waals surface area contributed by atoms with Gasteiger partial charge in [0.15, 0.2) is 11.5 Å². The molecule has 0 saturated carbocycles. The highest BCUT2D eigenvalue weighted by molar-refractivity contribution is 6.16. The van der Waals surface area contributed by atoms with Crippen molar-refractivity contribution >= 4 is 11.6 Å². The fourth-order valence-corrected chi connectivity index (χ4v) is 1.52. The van der Waals surface area contributed by atoms with Crippen LogP contribution in [0, 0.1) is 0 Å². The molecular formula is C14H12O3. The molecule has 1 aliphatic carbocycles. The van der Waals surface area contributed by atoms with E-state index in [2.05, 4.69) is 0 Å². The molecular weight excluding hydrogens is 216 g/mol. The van der Waals surface area contributed by atoms with Crippen molar-refractivity contribution in [2.75, 3.05) is 6.61 Å². The SMILES string of the molecule is O=C1C=CC(=O)C(OCCc2ccccc2)=C1. The fourth-order valence-electron chi connectivity index (χ4n) is 1.52. The fraction of sp³-hybridized carbons (Fsp3) is 0.143. The largest absolute Gasteiger partial charge is 0.489 e. The van der Waals surface area contributed by atoms with Crippen LogP contribution in [-0.2, 0) is 20.7 Å². The van der Waals surface area contributed by atoms with Crippen molar-refractivity contribution in [3.8, 4) is 0 Å². The van der Waals surface area contributed by atoms with Gasteiger partial charge in [-0.3, -0.25) is 9.59 Å². The molecule has 3 heteroatoms. The Balaban J connectivity index is 1.87. The number of benzene rings is 1. The van der Waals surface area contributed by atoms with Gasteiger partial charge in [0.25, 0.3) is 0 Å². The number of carbonyl (C=O) groups is 2. The van der Waals surface area contributed by atoms with Crippen LogP contribution in [0.2, 0.25) is 0 Å². The first kappa shape index (κ1) is 11.3. The minimum absolute atomic E-state index is 0.133. The molecule has 1 aromatic rings. The molecule has 3 nitrogen and oxygen atoms in total. The third kappa shape index (κ3) is 3.14. The Morgan fingerprint density at radius 2 is 1.76 bits per heavy atom. The summed E-state index contributed by atoms with van der Waals surface area (Å²) in [5, 5.41) is 0. The second-order valence-corrected chi connectivity index (χ2v) is 3.69. The number of hydrogen-bond acceptors (Lipinski definition) is 3. The van der Waals surface area contributed by atoms with Crippen molar-refractivity contribution in [1.82, 2.24) is 0 Å². The molecule has 86 valence electrons. The highest BCUT2D eigenvalue weighted by Gasteiger charge is 2.14. The number of hydrogen-bond donors (Lipinski definition) is 0. The van der Waals surface area contributed by atoms with Gasteiger partial charge in [-0.1, -0.05) is 30.3 Å². The van der Waals surface area contributed by atoms with Gasteiger partial charge in [-0.25, -0.2) is 0 Å². The lowest BCUT2D eigenvalue weighted by molar-refractivity contribution is -0.117. The Hall–Kier alpha value is -2.16. The van der Waals surface area contributed by atoms with E-state index in [1.54, 1.807) is 0 Å². The van der Waals surface area contributed by atoms with Crippen LogP contribution in [0.15, 0.2) is 54.3 Å². The van der Waals surface area contributed by atoms with Crippen molar-refractivity contribution in [2.45, 2.75) is 6.42 Å². The maximum atomic E-state index is 11.3. The van der Waals surface area contributed by atoms with Gasteiger partial charge in [0.1, 0.15) is 0 Å². The Bertz CT molecular complexity index is 483. The van der Waals surface area contributed by atoms with Crippen LogP contribution in [0.4, 0.5) is 0 Å². The van der Waals surface area contributed by atoms with Crippen LogP contribution in [0.3, 0.4) is 0 Å². The van der Waals surface area contributed by atoms with E-state index in [0.717, 1.165) is 5.56 Å². The standard InChI is InChI=1S/C14H12O3/c15-12-6-7-13(16)14(10-12)17-9-8-11-4-2-1-3-5-11/h1-7,10H,8-9H2. The highest BCUT2D eigenvalue weighted by Crippen LogP contribution is 2.08. The highest BCUT2D eigenvalue weighted by atomic mass is 16.5. The monoisotopic (exact) mass is 228 g/mol. The Labute approximate surface area is 99.4 Å². The van der Waals surface area contributed by atoms with Crippen molar-refractivity contribution in [3.05, 3.63) is 59.9 Å². The third-order valence-corrected chi connectivity index (χ3v) is 2.41. The van der Waals surface area contributed by atoms with E-state index in [9.17, 15) is 9.59 Å². The van der Waals surface area contributed by atoms with E-state index in [1.807, 2.05) is 30.3 Å². The Kier molecular flexibility index (Phi) is 3.50. The van der Waals surface area contributed by atoms with Crippen molar-refractivity contribution in [3.63, 3.8) is 0 Å². The topological polar surface area (TPSA) is 43.4 Å². The smallest absolute Gasteiger partial charge is 0.220 e. The van der Waals surface area contributed by atoms with E-state index in [4.69, 9.17) is 4.74 Å². The van der Waals surface area contributed by atoms with Gasteiger partial charge in [0, 0.05) is 12.5 Å². The predicted molar refractivity (Wildman–Crippen MR) is 63.3 cm³/mol. The first-order valence-electron chi connectivity index (χ1n) is 5.40. The molecule has 0 bridgehead atoms. The molecule has 0 aromatic heterocycles. The molecule has 17 heavy (non-hydrogen) atoms. The van der Waals surface area contributed by atoms with Crippen molar-refractivity contribution in [1.29, 1.82) is 0 Å². The molecule has 0 N–H and O–H groups in total. The second-order valence-electron chi connectivity index (χ2n) is 3.69. The molecule has 0 atom stereocenters. The molecule has 2 rings (SSSR count). The quantitative estimate of drug-likeness (QED) is 0.738. The van der Waals surface area contributed by atoms with E-state index in [1.165, 1.54) is 18.2 Å². The summed E-state index contributed by atoms with van der Waals surface area (Å²) in [7, 11) is 0. The molecule has 0 radical (unpaired) electrons. The van der Waals surface area contributed by atoms with E-state index < -0.39 is 0 Å². The summed E-state index contributed by atoms with van der Waals surface area (Å²) in [5.74, 6) is -0.328. The number of allylic oxidation sites excluding steroid dienone is 3. The zero-order valence-electron chi connectivity index (χ0n) is 9.26. The predicted octanol–water partition coefficient (Wildman–Crippen LogP) is 1.84. The van der Waals surface area contributed by atoms with E-state index in [0.29, 0.717) is 13.0 Å². The van der Waals surface area contributed by atoms with Crippen molar-refractivity contribution < 1.29 is 14.3 Å². The van der Waals surface area contributed by atoms with Gasteiger partial charge in [-0.15, -0.1) is 0 Å². The van der Waals surface area contributed by atoms with Gasteiger partial charge in [0.2, 0.25) is 5.78 Å². The maximum Gasteiger partial charge on any atom is 0.220 e. The molecule has 0 spiro atoms. The van der Waals surface area contributed by atoms with Gasteiger partial charge in [-0.2, -0.15) is 0 Å². The lowest BCUT2D eigenvalue weighted by Gasteiger charge is -2.09. The molecule has 0 unspecified atom stereocenters. The van der Waals surface area contributed by atoms with Crippen LogP contribution in [0.5, 0.6) is 0 Å². The van der Waals surface area contributed by atoms with Gasteiger partial charge in [0.05, 0.1) is 6.61 Å². The molecule has 0 amide bonds. The molecule has 1 aromatic carbocycles. The summed E-state index contributed by atoms with van der Waals surface area (Å²) in [6, 6.07) is 9.83. The summed E-state index contributed by atoms with van der Waals surface area (Å²) < 4.78 is 5.31. The second kappa shape index (κ2) is 5.25. The molecule has 0 saturated heterocycles. The van der Waals surface area contributed by atoms with Crippen molar-refractivity contribution in [2.24, 2.45) is 0 Å². The van der Waals surface area contributed by atoms with Gasteiger partial charge in [-0.05, 0) is 17.7 Å². The summed E-state index contributed by atoms with van der Waals surface area (Å²) in [6.45, 7) is 0.392. The average molecular weight is 228 g/mol. The normalized spacial score (nSPS) is 14.7. The number of ketones is 2. The van der Waals surface area contributed by atoms with Crippen LogP contribution in [0.1, 0.15) is 5.56 Å². The molecule has 0 aliphatic heterocycles. The van der Waals surface area contributed by atoms with Gasteiger partial charge < -0.3 is 4.74 Å². The minimum atomic E-state index is -0.252. The lowest BCUT2D eigenvalue weighted by Crippen LogP contribution is -2.12. The summed E-state index contributed by atoms with van der Waals surface area (Å²) in [6.07, 6.45) is 4.42. The average Bonchev–Trinajstić information content (AvgIpc) is 2.35. The maximum absolute atomic E-state index is 11.3. The number of carbonyl (C=O) groups excluding carboxylic acids is 2. The Morgan fingerprint density at radius 3 is 2.53 bits per heavy atom. The van der Waals surface area contributed by atoms with Crippen LogP contribution in [-0.4, -0.2) is 18.2 Å². The van der Waals surface area contributed by atoms with Crippen LogP contribution < -0.4 is 0 Å². The Morgan fingerprint density at radius 1 is 1.00 bits per heavy atom. The molecule has 0 heterocycles. The third-order valence-electron chi connectivity index (χ3n) is 2.41. The van der Waals surface area contributed by atoms with Crippen LogP contribution >= 0.6 is 0 Å². The zero-order valence-corrected chi connectivity index (χ0v) is 9.26. The van der Waals surface area contributed by atoms with E-state index >= 15 is 0 Å². The molecule has 0 fully saturated rings. The molecule has 1 aliphatic rings. The number of ether oxygens (including phenoxy) is 1. The number of rotatable bonds is 4. The first-order valence-corrected chi connectivity index (χ1v) is 5.40. The summed E-state index contributed by atoms with van der Waals surface area (Å²) in [5.41, 5.74) is 1.14. The summed E-state index contributed by atoms with van der Waals surface area (Å²) in [4.78, 5) is 22.4. The van der Waals surface area contributed by atoms with E-state index in [-0.39, 0.29) is 17.3 Å². The van der Waals surface area contributed by atoms with Crippen LogP contribution in [0.25, 0.3) is 0 Å².